The van der Waals surface area contributed by atoms with E-state index in [1.54, 1.807) is 0 Å². The van der Waals surface area contributed by atoms with Crippen LogP contribution in [0.15, 0.2) is 36.4 Å². The maximum atomic E-state index is 12.0. The van der Waals surface area contributed by atoms with Gasteiger partial charge in [0.2, 0.25) is 5.91 Å². The van der Waals surface area contributed by atoms with Crippen molar-refractivity contribution >= 4 is 17.5 Å². The van der Waals surface area contributed by atoms with Crippen molar-refractivity contribution in [1.29, 1.82) is 0 Å². The van der Waals surface area contributed by atoms with Crippen molar-refractivity contribution in [3.63, 3.8) is 0 Å². The van der Waals surface area contributed by atoms with Gasteiger partial charge in [-0.05, 0) is 30.4 Å². The number of hydrogen-bond acceptors (Lipinski definition) is 1. The molecule has 0 bridgehead atoms. The summed E-state index contributed by atoms with van der Waals surface area (Å²) < 4.78 is 0. The van der Waals surface area contributed by atoms with Gasteiger partial charge in [-0.25, -0.2) is 0 Å². The monoisotopic (exact) mass is 263 g/mol. The summed E-state index contributed by atoms with van der Waals surface area (Å²) in [6.45, 7) is 0.573. The average Bonchev–Trinajstić information content (AvgIpc) is 2.43. The van der Waals surface area contributed by atoms with Crippen LogP contribution in [0.2, 0.25) is 0 Å². The summed E-state index contributed by atoms with van der Waals surface area (Å²) in [4.78, 5) is 12.0. The summed E-state index contributed by atoms with van der Waals surface area (Å²) in [6, 6.07) is 8.40. The Morgan fingerprint density at radius 3 is 2.89 bits per heavy atom. The molecule has 2 nitrogen and oxygen atoms in total. The van der Waals surface area contributed by atoms with E-state index in [1.807, 2.05) is 18.2 Å². The van der Waals surface area contributed by atoms with Crippen LogP contribution in [0.4, 0.5) is 0 Å². The zero-order valence-electron chi connectivity index (χ0n) is 10.4. The fraction of sp³-hybridized carbons (Fsp3) is 0.400. The number of carbonyl (C=O) groups excluding carboxylic acids is 1. The molecule has 0 saturated heterocycles. The highest BCUT2D eigenvalue weighted by atomic mass is 35.5. The zero-order valence-corrected chi connectivity index (χ0v) is 11.1. The number of alkyl halides is 1. The van der Waals surface area contributed by atoms with Gasteiger partial charge in [0.05, 0.1) is 0 Å². The van der Waals surface area contributed by atoms with E-state index in [9.17, 15) is 4.79 Å². The van der Waals surface area contributed by atoms with Crippen LogP contribution in [0.25, 0.3) is 0 Å². The average molecular weight is 264 g/mol. The Balaban J connectivity index is 1.88. The summed E-state index contributed by atoms with van der Waals surface area (Å²) >= 11 is 5.52. The maximum absolute atomic E-state index is 12.0. The quantitative estimate of drug-likeness (QED) is 0.657. The van der Waals surface area contributed by atoms with E-state index < -0.39 is 0 Å². The first-order valence-corrected chi connectivity index (χ1v) is 6.90. The Kier molecular flexibility index (Phi) is 4.82. The highest BCUT2D eigenvalue weighted by Gasteiger charge is 2.23. The smallest absolute Gasteiger partial charge is 0.223 e. The summed E-state index contributed by atoms with van der Waals surface area (Å²) in [5, 5.41) is 2.93. The predicted molar refractivity (Wildman–Crippen MR) is 74.8 cm³/mol. The van der Waals surface area contributed by atoms with Crippen molar-refractivity contribution in [1.82, 2.24) is 5.32 Å². The summed E-state index contributed by atoms with van der Waals surface area (Å²) in [6.07, 6.45) is 6.55. The van der Waals surface area contributed by atoms with E-state index in [-0.39, 0.29) is 11.8 Å². The Morgan fingerprint density at radius 2 is 2.11 bits per heavy atom. The summed E-state index contributed by atoms with van der Waals surface area (Å²) in [5.41, 5.74) is 2.71. The molecule has 1 atom stereocenters. The van der Waals surface area contributed by atoms with Crippen LogP contribution in [-0.2, 0) is 17.6 Å². The van der Waals surface area contributed by atoms with Crippen molar-refractivity contribution in [3.8, 4) is 0 Å². The maximum Gasteiger partial charge on any atom is 0.223 e. The number of benzene rings is 1. The van der Waals surface area contributed by atoms with Crippen LogP contribution in [0, 0.1) is 5.92 Å². The van der Waals surface area contributed by atoms with Crippen LogP contribution in [0.3, 0.4) is 0 Å². The van der Waals surface area contributed by atoms with Gasteiger partial charge in [-0.2, -0.15) is 0 Å². The fourth-order valence-corrected chi connectivity index (χ4v) is 2.50. The molecular formula is C15H18ClNO. The molecule has 1 N–H and O–H groups in total. The summed E-state index contributed by atoms with van der Waals surface area (Å²) in [7, 11) is 0. The fourth-order valence-electron chi connectivity index (χ4n) is 2.37. The van der Waals surface area contributed by atoms with E-state index in [0.717, 1.165) is 19.3 Å². The molecule has 0 fully saturated rings. The molecular weight excluding hydrogens is 246 g/mol. The molecule has 1 aliphatic rings. The minimum atomic E-state index is 0.115. The Morgan fingerprint density at radius 1 is 1.33 bits per heavy atom. The van der Waals surface area contributed by atoms with Gasteiger partial charge in [0.15, 0.2) is 0 Å². The lowest BCUT2D eigenvalue weighted by atomic mass is 9.83. The lowest BCUT2D eigenvalue weighted by Gasteiger charge is -2.23. The van der Waals surface area contributed by atoms with Crippen LogP contribution in [0.1, 0.15) is 17.5 Å². The number of amides is 1. The van der Waals surface area contributed by atoms with Crippen molar-refractivity contribution in [2.45, 2.75) is 19.3 Å². The number of allylic oxidation sites excluding steroid dienone is 1. The molecule has 1 amide bonds. The van der Waals surface area contributed by atoms with Crippen LogP contribution < -0.4 is 5.32 Å². The number of halogens is 1. The van der Waals surface area contributed by atoms with Gasteiger partial charge >= 0.3 is 0 Å². The molecule has 0 heterocycles. The number of aryl methyl sites for hydroxylation is 1. The van der Waals surface area contributed by atoms with E-state index in [1.165, 1.54) is 11.1 Å². The predicted octanol–water partition coefficient (Wildman–Crippen LogP) is 2.70. The molecule has 1 aromatic carbocycles. The molecule has 0 aliphatic heterocycles. The first-order valence-electron chi connectivity index (χ1n) is 6.36. The van der Waals surface area contributed by atoms with Crippen molar-refractivity contribution in [2.75, 3.05) is 12.4 Å². The first-order chi connectivity index (χ1) is 8.81. The highest BCUT2D eigenvalue weighted by molar-refractivity contribution is 6.18. The van der Waals surface area contributed by atoms with E-state index in [4.69, 9.17) is 11.6 Å². The molecule has 96 valence electrons. The Hall–Kier alpha value is -1.28. The third-order valence-electron chi connectivity index (χ3n) is 3.37. The van der Waals surface area contributed by atoms with Crippen molar-refractivity contribution in [3.05, 3.63) is 47.5 Å². The van der Waals surface area contributed by atoms with Gasteiger partial charge in [0.25, 0.3) is 0 Å². The topological polar surface area (TPSA) is 29.1 Å². The molecule has 2 rings (SSSR count). The molecule has 1 aliphatic carbocycles. The van der Waals surface area contributed by atoms with E-state index in [2.05, 4.69) is 23.5 Å². The third kappa shape index (κ3) is 3.36. The lowest BCUT2D eigenvalue weighted by Crippen LogP contribution is -2.34. The number of rotatable bonds is 4. The van der Waals surface area contributed by atoms with Crippen LogP contribution >= 0.6 is 11.6 Å². The third-order valence-corrected chi connectivity index (χ3v) is 3.55. The van der Waals surface area contributed by atoms with Crippen LogP contribution in [0.5, 0.6) is 0 Å². The van der Waals surface area contributed by atoms with Gasteiger partial charge in [-0.15, -0.1) is 11.6 Å². The standard InChI is InChI=1S/C15H18ClNO/c16-9-3-4-10-17-15(18)14-8-7-12-5-1-2-6-13(12)11-14/h1-6,14H,7-11H2,(H,17,18)/b4-3+. The molecule has 0 spiro atoms. The van der Waals surface area contributed by atoms with Crippen molar-refractivity contribution < 1.29 is 4.79 Å². The normalized spacial score (nSPS) is 18.6. The SMILES string of the molecule is O=C(NC/C=C/CCl)C1CCc2ccccc2C1. The van der Waals surface area contributed by atoms with Gasteiger partial charge in [0, 0.05) is 18.3 Å². The highest BCUT2D eigenvalue weighted by Crippen LogP contribution is 2.25. The molecule has 1 aromatic rings. The van der Waals surface area contributed by atoms with Crippen molar-refractivity contribution in [2.24, 2.45) is 5.92 Å². The second kappa shape index (κ2) is 6.60. The largest absolute Gasteiger partial charge is 0.352 e. The second-order valence-corrected chi connectivity index (χ2v) is 4.89. The molecule has 0 aromatic heterocycles. The number of hydrogen-bond donors (Lipinski definition) is 1. The van der Waals surface area contributed by atoms with E-state index in [0.29, 0.717) is 12.4 Å². The van der Waals surface area contributed by atoms with Gasteiger partial charge < -0.3 is 5.32 Å². The van der Waals surface area contributed by atoms with Crippen LogP contribution in [-0.4, -0.2) is 18.3 Å². The zero-order chi connectivity index (χ0) is 12.8. The molecule has 3 heteroatoms. The first kappa shape index (κ1) is 13.2. The minimum Gasteiger partial charge on any atom is -0.352 e. The Bertz CT molecular complexity index is 442. The number of carbonyl (C=O) groups is 1. The molecule has 0 radical (unpaired) electrons. The van der Waals surface area contributed by atoms with Gasteiger partial charge in [0.1, 0.15) is 0 Å². The minimum absolute atomic E-state index is 0.115. The number of nitrogens with one attached hydrogen (secondary N) is 1. The second-order valence-electron chi connectivity index (χ2n) is 4.58. The number of fused-ring (bicyclic) bond motifs is 1. The molecule has 18 heavy (non-hydrogen) atoms. The lowest BCUT2D eigenvalue weighted by molar-refractivity contribution is -0.125. The van der Waals surface area contributed by atoms with Gasteiger partial charge in [-0.3, -0.25) is 4.79 Å². The molecule has 1 unspecified atom stereocenters. The molecule has 0 saturated carbocycles. The van der Waals surface area contributed by atoms with Gasteiger partial charge in [-0.1, -0.05) is 36.4 Å². The van der Waals surface area contributed by atoms with E-state index >= 15 is 0 Å². The summed E-state index contributed by atoms with van der Waals surface area (Å²) in [5.74, 6) is 0.764. The Labute approximate surface area is 113 Å².